The quantitative estimate of drug-likeness (QED) is 0.869. The lowest BCUT2D eigenvalue weighted by atomic mass is 10.0. The standard InChI is InChI=1S/C12H14ClN5S/c13-10-3-14-18(7-10)6-8-4-17(5-8)12-16-15-11(19-12)9-1-2-9/h3,7-9H,1-2,4-6H2. The van der Waals surface area contributed by atoms with Crippen molar-refractivity contribution in [2.45, 2.75) is 25.3 Å². The molecule has 0 unspecified atom stereocenters. The van der Waals surface area contributed by atoms with Gasteiger partial charge in [-0.05, 0) is 12.8 Å². The molecule has 2 aromatic heterocycles. The molecule has 0 N–H and O–H groups in total. The van der Waals surface area contributed by atoms with E-state index in [1.165, 1.54) is 17.8 Å². The van der Waals surface area contributed by atoms with Crippen LogP contribution in [0.5, 0.6) is 0 Å². The number of aromatic nitrogens is 4. The second kappa shape index (κ2) is 4.45. The van der Waals surface area contributed by atoms with Crippen molar-refractivity contribution in [3.05, 3.63) is 22.4 Å². The van der Waals surface area contributed by atoms with Crippen molar-refractivity contribution in [3.8, 4) is 0 Å². The Morgan fingerprint density at radius 1 is 1.32 bits per heavy atom. The van der Waals surface area contributed by atoms with E-state index in [-0.39, 0.29) is 0 Å². The van der Waals surface area contributed by atoms with E-state index in [0.29, 0.717) is 16.9 Å². The van der Waals surface area contributed by atoms with Gasteiger partial charge in [-0.1, -0.05) is 22.9 Å². The summed E-state index contributed by atoms with van der Waals surface area (Å²) in [5, 5.41) is 15.8. The maximum absolute atomic E-state index is 5.86. The zero-order valence-corrected chi connectivity index (χ0v) is 11.9. The minimum atomic E-state index is 0.629. The summed E-state index contributed by atoms with van der Waals surface area (Å²) in [6, 6.07) is 0. The fourth-order valence-corrected chi connectivity index (χ4v) is 3.58. The molecule has 0 aromatic carbocycles. The largest absolute Gasteiger partial charge is 0.346 e. The van der Waals surface area contributed by atoms with Crippen molar-refractivity contribution in [1.82, 2.24) is 20.0 Å². The lowest BCUT2D eigenvalue weighted by Gasteiger charge is -2.38. The van der Waals surface area contributed by atoms with Crippen LogP contribution in [0, 0.1) is 5.92 Å². The maximum atomic E-state index is 5.86. The van der Waals surface area contributed by atoms with Crippen molar-refractivity contribution in [2.75, 3.05) is 18.0 Å². The molecule has 5 nitrogen and oxygen atoms in total. The normalized spacial score (nSPS) is 19.7. The topological polar surface area (TPSA) is 46.8 Å². The van der Waals surface area contributed by atoms with Gasteiger partial charge < -0.3 is 4.90 Å². The molecule has 100 valence electrons. The highest BCUT2D eigenvalue weighted by Crippen LogP contribution is 2.43. The van der Waals surface area contributed by atoms with Gasteiger partial charge in [0.15, 0.2) is 0 Å². The van der Waals surface area contributed by atoms with Gasteiger partial charge in [0.2, 0.25) is 5.13 Å². The summed E-state index contributed by atoms with van der Waals surface area (Å²) in [7, 11) is 0. The van der Waals surface area contributed by atoms with Crippen molar-refractivity contribution in [2.24, 2.45) is 5.92 Å². The Hall–Kier alpha value is -1.14. The minimum absolute atomic E-state index is 0.629. The van der Waals surface area contributed by atoms with E-state index >= 15 is 0 Å². The Morgan fingerprint density at radius 3 is 2.84 bits per heavy atom. The van der Waals surface area contributed by atoms with Crippen LogP contribution in [-0.4, -0.2) is 33.1 Å². The van der Waals surface area contributed by atoms with E-state index in [1.54, 1.807) is 17.5 Å². The van der Waals surface area contributed by atoms with Crippen LogP contribution in [0.3, 0.4) is 0 Å². The van der Waals surface area contributed by atoms with E-state index in [9.17, 15) is 0 Å². The van der Waals surface area contributed by atoms with E-state index in [4.69, 9.17) is 11.6 Å². The number of anilines is 1. The molecule has 0 bridgehead atoms. The van der Waals surface area contributed by atoms with Crippen LogP contribution in [0.2, 0.25) is 5.02 Å². The Bertz CT molecular complexity index is 584. The third kappa shape index (κ3) is 2.34. The predicted molar refractivity (Wildman–Crippen MR) is 74.8 cm³/mol. The predicted octanol–water partition coefficient (Wildman–Crippen LogP) is 2.40. The highest BCUT2D eigenvalue weighted by Gasteiger charge is 2.32. The van der Waals surface area contributed by atoms with Gasteiger partial charge in [-0.15, -0.1) is 10.2 Å². The van der Waals surface area contributed by atoms with Crippen LogP contribution < -0.4 is 4.90 Å². The first-order valence-electron chi connectivity index (χ1n) is 6.54. The summed E-state index contributed by atoms with van der Waals surface area (Å²) in [5.74, 6) is 1.33. The van der Waals surface area contributed by atoms with Gasteiger partial charge in [0.05, 0.1) is 11.2 Å². The SMILES string of the molecule is Clc1cnn(CC2CN(c3nnc(C4CC4)s3)C2)c1. The molecule has 7 heteroatoms. The van der Waals surface area contributed by atoms with Crippen LogP contribution >= 0.6 is 22.9 Å². The van der Waals surface area contributed by atoms with E-state index in [0.717, 1.165) is 24.8 Å². The first kappa shape index (κ1) is 11.7. The highest BCUT2D eigenvalue weighted by molar-refractivity contribution is 7.15. The third-order valence-corrected chi connectivity index (χ3v) is 4.97. The lowest BCUT2D eigenvalue weighted by Crippen LogP contribution is -2.48. The summed E-state index contributed by atoms with van der Waals surface area (Å²) < 4.78 is 1.92. The smallest absolute Gasteiger partial charge is 0.208 e. The molecule has 19 heavy (non-hydrogen) atoms. The van der Waals surface area contributed by atoms with Crippen LogP contribution in [0.4, 0.5) is 5.13 Å². The van der Waals surface area contributed by atoms with Gasteiger partial charge in [-0.3, -0.25) is 4.68 Å². The Kier molecular flexibility index (Phi) is 2.73. The first-order chi connectivity index (χ1) is 9.28. The molecule has 0 atom stereocenters. The molecule has 2 fully saturated rings. The number of hydrogen-bond donors (Lipinski definition) is 0. The molecule has 3 heterocycles. The Labute approximate surface area is 120 Å². The molecule has 2 aliphatic rings. The molecule has 4 rings (SSSR count). The van der Waals surface area contributed by atoms with Gasteiger partial charge in [0.1, 0.15) is 5.01 Å². The lowest BCUT2D eigenvalue weighted by molar-refractivity contribution is 0.341. The molecule has 0 amide bonds. The summed E-state index contributed by atoms with van der Waals surface area (Å²) in [6.45, 7) is 3.01. The first-order valence-corrected chi connectivity index (χ1v) is 7.73. The van der Waals surface area contributed by atoms with E-state index in [1.807, 2.05) is 10.9 Å². The second-order valence-corrected chi connectivity index (χ2v) is 6.77. The van der Waals surface area contributed by atoms with Crippen molar-refractivity contribution in [3.63, 3.8) is 0 Å². The molecule has 0 spiro atoms. The summed E-state index contributed by atoms with van der Waals surface area (Å²) >= 11 is 7.62. The molecular formula is C12H14ClN5S. The van der Waals surface area contributed by atoms with Crippen molar-refractivity contribution < 1.29 is 0 Å². The van der Waals surface area contributed by atoms with Gasteiger partial charge in [0, 0.05) is 37.7 Å². The van der Waals surface area contributed by atoms with E-state index in [2.05, 4.69) is 20.2 Å². The molecule has 0 radical (unpaired) electrons. The Balaban J connectivity index is 1.34. The monoisotopic (exact) mass is 295 g/mol. The molecule has 2 aromatic rings. The Morgan fingerprint density at radius 2 is 2.16 bits per heavy atom. The van der Waals surface area contributed by atoms with Gasteiger partial charge in [-0.25, -0.2) is 0 Å². The maximum Gasteiger partial charge on any atom is 0.208 e. The molecular weight excluding hydrogens is 282 g/mol. The van der Waals surface area contributed by atoms with Gasteiger partial charge in [0.25, 0.3) is 0 Å². The van der Waals surface area contributed by atoms with Gasteiger partial charge in [-0.2, -0.15) is 5.10 Å². The van der Waals surface area contributed by atoms with Crippen LogP contribution in [0.1, 0.15) is 23.8 Å². The second-order valence-electron chi connectivity index (χ2n) is 5.35. The highest BCUT2D eigenvalue weighted by atomic mass is 35.5. The summed E-state index contributed by atoms with van der Waals surface area (Å²) in [4.78, 5) is 2.30. The average molecular weight is 296 g/mol. The fourth-order valence-electron chi connectivity index (χ4n) is 2.39. The number of hydrogen-bond acceptors (Lipinski definition) is 5. The molecule has 1 aliphatic carbocycles. The van der Waals surface area contributed by atoms with E-state index < -0.39 is 0 Å². The van der Waals surface area contributed by atoms with Crippen LogP contribution in [0.25, 0.3) is 0 Å². The van der Waals surface area contributed by atoms with Gasteiger partial charge >= 0.3 is 0 Å². The molecule has 1 aliphatic heterocycles. The zero-order chi connectivity index (χ0) is 12.8. The van der Waals surface area contributed by atoms with Crippen molar-refractivity contribution in [1.29, 1.82) is 0 Å². The van der Waals surface area contributed by atoms with Crippen molar-refractivity contribution >= 4 is 28.1 Å². The summed E-state index contributed by atoms with van der Waals surface area (Å²) in [5.41, 5.74) is 0. The minimum Gasteiger partial charge on any atom is -0.346 e. The zero-order valence-electron chi connectivity index (χ0n) is 10.4. The third-order valence-electron chi connectivity index (χ3n) is 3.63. The van der Waals surface area contributed by atoms with Crippen LogP contribution in [-0.2, 0) is 6.54 Å². The van der Waals surface area contributed by atoms with Crippen LogP contribution in [0.15, 0.2) is 12.4 Å². The summed E-state index contributed by atoms with van der Waals surface area (Å²) in [6.07, 6.45) is 6.14. The number of halogens is 1. The fraction of sp³-hybridized carbons (Fsp3) is 0.583. The molecule has 1 saturated carbocycles. The number of rotatable bonds is 4. The molecule has 1 saturated heterocycles. The number of nitrogens with zero attached hydrogens (tertiary/aromatic N) is 5. The average Bonchev–Trinajstić information content (AvgIpc) is 2.94.